The topological polar surface area (TPSA) is 0 Å². The van der Waals surface area contributed by atoms with Crippen molar-refractivity contribution in [3.05, 3.63) is 29.7 Å². The van der Waals surface area contributed by atoms with Crippen LogP contribution in [-0.2, 0) is 0 Å². The highest BCUT2D eigenvalue weighted by Crippen LogP contribution is 2.33. The minimum Gasteiger partial charge on any atom is -0.0885 e. The van der Waals surface area contributed by atoms with E-state index in [0.29, 0.717) is 0 Å². The van der Waals surface area contributed by atoms with E-state index in [1.54, 1.807) is 5.57 Å². The summed E-state index contributed by atoms with van der Waals surface area (Å²) in [6, 6.07) is 0. The fraction of sp³-hybridized carbons (Fsp3) is 0.722. The van der Waals surface area contributed by atoms with Crippen LogP contribution >= 0.6 is 0 Å². The third kappa shape index (κ3) is 4.63. The quantitative estimate of drug-likeness (QED) is 0.521. The van der Waals surface area contributed by atoms with Crippen molar-refractivity contribution in [2.45, 2.75) is 77.6 Å². The van der Waals surface area contributed by atoms with Gasteiger partial charge in [-0.05, 0) is 76.0 Å². The summed E-state index contributed by atoms with van der Waals surface area (Å²) in [5, 5.41) is 0. The largest absolute Gasteiger partial charge is 0.0885 e. The van der Waals surface area contributed by atoms with E-state index in [0.717, 1.165) is 5.92 Å². The van der Waals surface area contributed by atoms with E-state index >= 15 is 0 Å². The minimum atomic E-state index is 0.941. The molecule has 0 heterocycles. The third-order valence-electron chi connectivity index (χ3n) is 4.57. The molecule has 0 saturated carbocycles. The van der Waals surface area contributed by atoms with Gasteiger partial charge in [-0.2, -0.15) is 0 Å². The molecule has 2 aliphatic carbocycles. The van der Waals surface area contributed by atoms with Gasteiger partial charge < -0.3 is 0 Å². The Morgan fingerprint density at radius 1 is 1.17 bits per heavy atom. The molecule has 1 atom stereocenters. The molecule has 0 saturated heterocycles. The zero-order valence-electron chi connectivity index (χ0n) is 12.1. The van der Waals surface area contributed by atoms with Gasteiger partial charge >= 0.3 is 0 Å². The maximum absolute atomic E-state index is 2.55. The van der Waals surface area contributed by atoms with Crippen LogP contribution in [0.15, 0.2) is 23.8 Å². The molecular weight excluding hydrogens is 216 g/mol. The monoisotopic (exact) mass is 245 g/mol. The fourth-order valence-corrected chi connectivity index (χ4v) is 3.35. The van der Waals surface area contributed by atoms with Crippen LogP contribution in [0.4, 0.5) is 0 Å². The standard InChI is InChI=1S/C18H29/c1-2-16(15-18-12-8-5-9-13-18)14-17-10-6-3-4-7-11-17/h5,8,10,18H,2-4,6-7,9,11-15H2,1H3. The van der Waals surface area contributed by atoms with Crippen molar-refractivity contribution in [1.82, 2.24) is 0 Å². The second-order valence-corrected chi connectivity index (χ2v) is 6.10. The van der Waals surface area contributed by atoms with Crippen LogP contribution < -0.4 is 0 Å². The van der Waals surface area contributed by atoms with Gasteiger partial charge in [0.2, 0.25) is 0 Å². The van der Waals surface area contributed by atoms with E-state index in [-0.39, 0.29) is 0 Å². The zero-order valence-corrected chi connectivity index (χ0v) is 12.1. The molecule has 0 amide bonds. The smallest absolute Gasteiger partial charge is 0.0201 e. The number of hydrogen-bond donors (Lipinski definition) is 0. The van der Waals surface area contributed by atoms with E-state index in [4.69, 9.17) is 0 Å². The Kier molecular flexibility index (Phi) is 6.04. The Labute approximate surface area is 114 Å². The van der Waals surface area contributed by atoms with Crippen LogP contribution in [0.5, 0.6) is 0 Å². The summed E-state index contributed by atoms with van der Waals surface area (Å²) in [7, 11) is 0. The molecule has 0 heteroatoms. The van der Waals surface area contributed by atoms with Gasteiger partial charge in [0.15, 0.2) is 0 Å². The third-order valence-corrected chi connectivity index (χ3v) is 4.57. The lowest BCUT2D eigenvalue weighted by atomic mass is 9.82. The summed E-state index contributed by atoms with van der Waals surface area (Å²) < 4.78 is 0. The van der Waals surface area contributed by atoms with E-state index < -0.39 is 0 Å². The molecule has 0 aliphatic heterocycles. The van der Waals surface area contributed by atoms with Crippen molar-refractivity contribution < 1.29 is 0 Å². The molecule has 0 bridgehead atoms. The molecule has 0 nitrogen and oxygen atoms in total. The van der Waals surface area contributed by atoms with Crippen molar-refractivity contribution in [3.63, 3.8) is 0 Å². The van der Waals surface area contributed by atoms with Crippen LogP contribution in [0.1, 0.15) is 77.6 Å². The molecule has 1 unspecified atom stereocenters. The summed E-state index contributed by atoms with van der Waals surface area (Å²) >= 11 is 0. The normalized spacial score (nSPS) is 25.0. The maximum atomic E-state index is 2.55. The lowest BCUT2D eigenvalue weighted by molar-refractivity contribution is 0.438. The first-order chi connectivity index (χ1) is 8.88. The Balaban J connectivity index is 1.80. The van der Waals surface area contributed by atoms with Crippen LogP contribution in [0.25, 0.3) is 0 Å². The van der Waals surface area contributed by atoms with Crippen LogP contribution in [0.3, 0.4) is 0 Å². The molecule has 0 spiro atoms. The molecule has 0 aromatic heterocycles. The van der Waals surface area contributed by atoms with Gasteiger partial charge in [-0.3, -0.25) is 0 Å². The molecule has 0 aromatic rings. The molecule has 0 N–H and O–H groups in total. The summed E-state index contributed by atoms with van der Waals surface area (Å²) in [5.74, 6) is 2.75. The SMILES string of the molecule is CC[C](CC1=CCCCCC1)CC1CC=CCC1. The summed E-state index contributed by atoms with van der Waals surface area (Å²) in [6.07, 6.45) is 22.3. The van der Waals surface area contributed by atoms with Crippen molar-refractivity contribution in [3.8, 4) is 0 Å². The molecule has 0 aromatic carbocycles. The van der Waals surface area contributed by atoms with Gasteiger partial charge in [-0.25, -0.2) is 0 Å². The Morgan fingerprint density at radius 3 is 2.89 bits per heavy atom. The van der Waals surface area contributed by atoms with Crippen LogP contribution in [-0.4, -0.2) is 0 Å². The fourth-order valence-electron chi connectivity index (χ4n) is 3.35. The molecule has 18 heavy (non-hydrogen) atoms. The van der Waals surface area contributed by atoms with Gasteiger partial charge in [0.05, 0.1) is 0 Å². The van der Waals surface area contributed by atoms with E-state index in [1.165, 1.54) is 70.6 Å². The number of allylic oxidation sites excluding steroid dienone is 4. The number of hydrogen-bond acceptors (Lipinski definition) is 0. The Morgan fingerprint density at radius 2 is 2.11 bits per heavy atom. The molecule has 2 rings (SSSR count). The zero-order chi connectivity index (χ0) is 12.6. The maximum Gasteiger partial charge on any atom is -0.0201 e. The first-order valence-electron chi connectivity index (χ1n) is 8.05. The molecule has 101 valence electrons. The van der Waals surface area contributed by atoms with Gasteiger partial charge in [0, 0.05) is 0 Å². The first kappa shape index (κ1) is 13.9. The highest BCUT2D eigenvalue weighted by atomic mass is 14.2. The highest BCUT2D eigenvalue weighted by Gasteiger charge is 2.17. The van der Waals surface area contributed by atoms with Gasteiger partial charge in [0.1, 0.15) is 0 Å². The summed E-state index contributed by atoms with van der Waals surface area (Å²) in [5.41, 5.74) is 1.75. The van der Waals surface area contributed by atoms with E-state index in [2.05, 4.69) is 25.2 Å². The van der Waals surface area contributed by atoms with Crippen molar-refractivity contribution in [2.75, 3.05) is 0 Å². The predicted molar refractivity (Wildman–Crippen MR) is 80.4 cm³/mol. The first-order valence-corrected chi connectivity index (χ1v) is 8.05. The Hall–Kier alpha value is -0.520. The lowest BCUT2D eigenvalue weighted by Gasteiger charge is -2.24. The minimum absolute atomic E-state index is 0.941. The lowest BCUT2D eigenvalue weighted by Crippen LogP contribution is -2.09. The van der Waals surface area contributed by atoms with Gasteiger partial charge in [-0.1, -0.05) is 37.1 Å². The van der Waals surface area contributed by atoms with E-state index in [9.17, 15) is 0 Å². The van der Waals surface area contributed by atoms with Crippen molar-refractivity contribution >= 4 is 0 Å². The van der Waals surface area contributed by atoms with Crippen LogP contribution in [0, 0.1) is 11.8 Å². The Bertz CT molecular complexity index is 284. The van der Waals surface area contributed by atoms with Gasteiger partial charge in [-0.15, -0.1) is 0 Å². The van der Waals surface area contributed by atoms with Gasteiger partial charge in [0.25, 0.3) is 0 Å². The van der Waals surface area contributed by atoms with Crippen LogP contribution in [0.2, 0.25) is 0 Å². The van der Waals surface area contributed by atoms with Crippen molar-refractivity contribution in [2.24, 2.45) is 5.92 Å². The van der Waals surface area contributed by atoms with Crippen molar-refractivity contribution in [1.29, 1.82) is 0 Å². The summed E-state index contributed by atoms with van der Waals surface area (Å²) in [6.45, 7) is 2.35. The highest BCUT2D eigenvalue weighted by molar-refractivity contribution is 5.12. The number of rotatable bonds is 5. The molecule has 2 aliphatic rings. The molecular formula is C18H29. The second-order valence-electron chi connectivity index (χ2n) is 6.10. The second kappa shape index (κ2) is 7.81. The van der Waals surface area contributed by atoms with E-state index in [1.807, 2.05) is 5.92 Å². The predicted octanol–water partition coefficient (Wildman–Crippen LogP) is 6.00. The molecule has 0 fully saturated rings. The molecule has 1 radical (unpaired) electrons. The average Bonchev–Trinajstić information content (AvgIpc) is 2.68. The summed E-state index contributed by atoms with van der Waals surface area (Å²) in [4.78, 5) is 0. The average molecular weight is 245 g/mol.